The highest BCUT2D eigenvalue weighted by Crippen LogP contribution is 2.06. The fraction of sp³-hybridized carbons (Fsp3) is 0.333. The van der Waals surface area contributed by atoms with Gasteiger partial charge < -0.3 is 9.67 Å². The Labute approximate surface area is 94.6 Å². The molecule has 1 aromatic carbocycles. The van der Waals surface area contributed by atoms with Crippen LogP contribution in [0.15, 0.2) is 30.3 Å². The molecule has 0 aliphatic carbocycles. The van der Waals surface area contributed by atoms with E-state index in [2.05, 4.69) is 22.3 Å². The summed E-state index contributed by atoms with van der Waals surface area (Å²) in [6.45, 7) is -0.0607. The van der Waals surface area contributed by atoms with Crippen molar-refractivity contribution in [1.82, 2.24) is 14.8 Å². The topological polar surface area (TPSA) is 50.9 Å². The lowest BCUT2D eigenvalue weighted by Gasteiger charge is -2.02. The van der Waals surface area contributed by atoms with Crippen LogP contribution in [0.5, 0.6) is 0 Å². The number of aliphatic hydroxyl groups is 1. The van der Waals surface area contributed by atoms with Crippen molar-refractivity contribution in [2.75, 3.05) is 0 Å². The molecule has 0 aliphatic rings. The van der Waals surface area contributed by atoms with Crippen LogP contribution >= 0.6 is 0 Å². The Kier molecular flexibility index (Phi) is 3.31. The molecule has 0 unspecified atom stereocenters. The number of rotatable bonds is 4. The third-order valence-electron chi connectivity index (χ3n) is 2.68. The summed E-state index contributed by atoms with van der Waals surface area (Å²) in [5, 5.41) is 17.0. The van der Waals surface area contributed by atoms with Gasteiger partial charge in [-0.1, -0.05) is 30.3 Å². The molecule has 0 amide bonds. The molecule has 0 fully saturated rings. The predicted octanol–water partition coefficient (Wildman–Crippen LogP) is 1.09. The molecule has 0 saturated carbocycles. The average Bonchev–Trinajstić information content (AvgIpc) is 2.69. The largest absolute Gasteiger partial charge is 0.388 e. The standard InChI is InChI=1S/C12H15N3O/c1-15-11(13-14-12(15)9-16)8-7-10-5-3-2-4-6-10/h2-6,16H,7-9H2,1H3. The third kappa shape index (κ3) is 2.28. The Morgan fingerprint density at radius 3 is 2.38 bits per heavy atom. The van der Waals surface area contributed by atoms with E-state index in [4.69, 9.17) is 5.11 Å². The average molecular weight is 217 g/mol. The summed E-state index contributed by atoms with van der Waals surface area (Å²) in [4.78, 5) is 0. The lowest BCUT2D eigenvalue weighted by molar-refractivity contribution is 0.266. The molecule has 16 heavy (non-hydrogen) atoms. The zero-order chi connectivity index (χ0) is 11.4. The minimum atomic E-state index is -0.0607. The van der Waals surface area contributed by atoms with Gasteiger partial charge >= 0.3 is 0 Å². The molecule has 0 radical (unpaired) electrons. The molecule has 2 rings (SSSR count). The Bertz CT molecular complexity index is 451. The summed E-state index contributed by atoms with van der Waals surface area (Å²) >= 11 is 0. The number of aliphatic hydroxyl groups excluding tert-OH is 1. The number of benzene rings is 1. The number of hydrogen-bond acceptors (Lipinski definition) is 3. The lowest BCUT2D eigenvalue weighted by atomic mass is 10.1. The van der Waals surface area contributed by atoms with Crippen molar-refractivity contribution >= 4 is 0 Å². The maximum Gasteiger partial charge on any atom is 0.158 e. The summed E-state index contributed by atoms with van der Waals surface area (Å²) in [7, 11) is 1.88. The number of aryl methyl sites for hydroxylation is 2. The van der Waals surface area contributed by atoms with Crippen molar-refractivity contribution in [3.8, 4) is 0 Å². The smallest absolute Gasteiger partial charge is 0.158 e. The monoisotopic (exact) mass is 217 g/mol. The van der Waals surface area contributed by atoms with Crippen LogP contribution in [0, 0.1) is 0 Å². The molecule has 0 saturated heterocycles. The van der Waals surface area contributed by atoms with Crippen LogP contribution in [0.1, 0.15) is 17.2 Å². The molecule has 0 spiro atoms. The van der Waals surface area contributed by atoms with Crippen LogP contribution in [0.4, 0.5) is 0 Å². The molecule has 1 aromatic heterocycles. The van der Waals surface area contributed by atoms with E-state index >= 15 is 0 Å². The maximum atomic E-state index is 8.99. The van der Waals surface area contributed by atoms with Gasteiger partial charge in [0.15, 0.2) is 5.82 Å². The lowest BCUT2D eigenvalue weighted by Crippen LogP contribution is -2.03. The van der Waals surface area contributed by atoms with E-state index < -0.39 is 0 Å². The quantitative estimate of drug-likeness (QED) is 0.834. The van der Waals surface area contributed by atoms with Crippen molar-refractivity contribution in [2.45, 2.75) is 19.4 Å². The van der Waals surface area contributed by atoms with Crippen LogP contribution in [-0.2, 0) is 26.5 Å². The zero-order valence-corrected chi connectivity index (χ0v) is 9.30. The van der Waals surface area contributed by atoms with Crippen LogP contribution < -0.4 is 0 Å². The maximum absolute atomic E-state index is 8.99. The first-order valence-electron chi connectivity index (χ1n) is 5.33. The summed E-state index contributed by atoms with van der Waals surface area (Å²) in [5.41, 5.74) is 1.29. The van der Waals surface area contributed by atoms with Crippen LogP contribution in [0.3, 0.4) is 0 Å². The second-order valence-corrected chi connectivity index (χ2v) is 3.74. The van der Waals surface area contributed by atoms with Gasteiger partial charge in [0.2, 0.25) is 0 Å². The SMILES string of the molecule is Cn1c(CO)nnc1CCc1ccccc1. The summed E-state index contributed by atoms with van der Waals surface area (Å²) in [6, 6.07) is 10.3. The molecule has 4 heteroatoms. The first kappa shape index (κ1) is 10.8. The molecular weight excluding hydrogens is 202 g/mol. The Morgan fingerprint density at radius 1 is 1.06 bits per heavy atom. The van der Waals surface area contributed by atoms with E-state index in [1.165, 1.54) is 5.56 Å². The minimum Gasteiger partial charge on any atom is -0.388 e. The van der Waals surface area contributed by atoms with Crippen molar-refractivity contribution in [1.29, 1.82) is 0 Å². The van der Waals surface area contributed by atoms with Gasteiger partial charge in [-0.05, 0) is 12.0 Å². The Balaban J connectivity index is 2.02. The van der Waals surface area contributed by atoms with Gasteiger partial charge in [-0.25, -0.2) is 0 Å². The van der Waals surface area contributed by atoms with Gasteiger partial charge in [-0.15, -0.1) is 10.2 Å². The highest BCUT2D eigenvalue weighted by Gasteiger charge is 2.06. The Morgan fingerprint density at radius 2 is 1.75 bits per heavy atom. The molecule has 84 valence electrons. The van der Waals surface area contributed by atoms with Crippen LogP contribution in [-0.4, -0.2) is 19.9 Å². The normalized spacial score (nSPS) is 10.6. The summed E-state index contributed by atoms with van der Waals surface area (Å²) in [6.07, 6.45) is 1.78. The zero-order valence-electron chi connectivity index (χ0n) is 9.30. The second kappa shape index (κ2) is 4.90. The molecular formula is C12H15N3O. The highest BCUT2D eigenvalue weighted by molar-refractivity contribution is 5.15. The van der Waals surface area contributed by atoms with E-state index in [0.29, 0.717) is 5.82 Å². The number of aromatic nitrogens is 3. The van der Waals surface area contributed by atoms with Gasteiger partial charge in [-0.2, -0.15) is 0 Å². The van der Waals surface area contributed by atoms with E-state index in [9.17, 15) is 0 Å². The first-order valence-corrected chi connectivity index (χ1v) is 5.33. The summed E-state index contributed by atoms with van der Waals surface area (Å²) in [5.74, 6) is 1.52. The van der Waals surface area contributed by atoms with Crippen molar-refractivity contribution in [3.63, 3.8) is 0 Å². The predicted molar refractivity (Wildman–Crippen MR) is 60.8 cm³/mol. The molecule has 0 atom stereocenters. The minimum absolute atomic E-state index is 0.0607. The third-order valence-corrected chi connectivity index (χ3v) is 2.68. The van der Waals surface area contributed by atoms with Gasteiger partial charge in [0, 0.05) is 13.5 Å². The molecule has 1 N–H and O–H groups in total. The first-order chi connectivity index (χ1) is 7.81. The van der Waals surface area contributed by atoms with Gasteiger partial charge in [0.1, 0.15) is 12.4 Å². The fourth-order valence-corrected chi connectivity index (χ4v) is 1.65. The fourth-order valence-electron chi connectivity index (χ4n) is 1.65. The molecule has 1 heterocycles. The summed E-state index contributed by atoms with van der Waals surface area (Å²) < 4.78 is 1.85. The molecule has 4 nitrogen and oxygen atoms in total. The van der Waals surface area contributed by atoms with Crippen LogP contribution in [0.25, 0.3) is 0 Å². The van der Waals surface area contributed by atoms with Crippen molar-refractivity contribution in [3.05, 3.63) is 47.5 Å². The van der Waals surface area contributed by atoms with Gasteiger partial charge in [-0.3, -0.25) is 0 Å². The Hall–Kier alpha value is -1.68. The number of hydrogen-bond donors (Lipinski definition) is 1. The highest BCUT2D eigenvalue weighted by atomic mass is 16.3. The van der Waals surface area contributed by atoms with Gasteiger partial charge in [0.05, 0.1) is 0 Å². The van der Waals surface area contributed by atoms with Crippen molar-refractivity contribution in [2.24, 2.45) is 7.05 Å². The number of nitrogens with zero attached hydrogens (tertiary/aromatic N) is 3. The van der Waals surface area contributed by atoms with E-state index in [-0.39, 0.29) is 6.61 Å². The van der Waals surface area contributed by atoms with Gasteiger partial charge in [0.25, 0.3) is 0 Å². The molecule has 0 bridgehead atoms. The van der Waals surface area contributed by atoms with E-state index in [1.54, 1.807) is 0 Å². The van der Waals surface area contributed by atoms with Crippen LogP contribution in [0.2, 0.25) is 0 Å². The molecule has 0 aliphatic heterocycles. The van der Waals surface area contributed by atoms with E-state index in [1.807, 2.05) is 29.8 Å². The van der Waals surface area contributed by atoms with Crippen molar-refractivity contribution < 1.29 is 5.11 Å². The van der Waals surface area contributed by atoms with E-state index in [0.717, 1.165) is 18.7 Å². The molecule has 2 aromatic rings. The second-order valence-electron chi connectivity index (χ2n) is 3.74.